The van der Waals surface area contributed by atoms with Crippen LogP contribution in [0.3, 0.4) is 0 Å². The number of anilines is 1. The molecule has 1 aliphatic rings. The number of hydrogen-bond acceptors (Lipinski definition) is 6. The maximum absolute atomic E-state index is 11.3. The van der Waals surface area contributed by atoms with Crippen LogP contribution in [-0.2, 0) is 0 Å². The van der Waals surface area contributed by atoms with E-state index < -0.39 is 5.91 Å². The van der Waals surface area contributed by atoms with Gasteiger partial charge in [-0.2, -0.15) is 0 Å². The molecule has 0 unspecified atom stereocenters. The van der Waals surface area contributed by atoms with Crippen molar-refractivity contribution in [1.29, 1.82) is 0 Å². The van der Waals surface area contributed by atoms with E-state index in [2.05, 4.69) is 32.8 Å². The van der Waals surface area contributed by atoms with Crippen molar-refractivity contribution in [3.8, 4) is 5.75 Å². The zero-order chi connectivity index (χ0) is 18.8. The van der Waals surface area contributed by atoms with Gasteiger partial charge in [-0.25, -0.2) is 9.97 Å². The normalized spacial score (nSPS) is 15.1. The molecule has 138 valence electrons. The highest BCUT2D eigenvalue weighted by Crippen LogP contribution is 2.29. The lowest BCUT2D eigenvalue weighted by atomic mass is 10.1. The Morgan fingerprint density at radius 2 is 2.00 bits per heavy atom. The molecule has 7 heteroatoms. The van der Waals surface area contributed by atoms with Crippen LogP contribution in [0.5, 0.6) is 5.75 Å². The number of aromatic nitrogens is 3. The molecule has 7 nitrogen and oxygen atoms in total. The van der Waals surface area contributed by atoms with Gasteiger partial charge in [-0.15, -0.1) is 0 Å². The molecule has 3 heterocycles. The molecular formula is C20H21N5O2. The molecule has 0 atom stereocenters. The number of nitrogens with zero attached hydrogens (tertiary/aromatic N) is 4. The topological polar surface area (TPSA) is 94.2 Å². The molecule has 2 aromatic heterocycles. The van der Waals surface area contributed by atoms with Crippen molar-refractivity contribution in [2.45, 2.75) is 25.9 Å². The standard InChI is InChI=1S/C20H21N5O2/c1-13-3-2-4-16-18(13)20(24-12-23-16)25-9-6-14(7-10-25)27-15-5-8-22-17(11-15)19(21)26/h2-5,8,11-12,14H,6-7,9-10H2,1H3,(H2,21,26). The zero-order valence-corrected chi connectivity index (χ0v) is 15.1. The van der Waals surface area contributed by atoms with Crippen LogP contribution in [0.15, 0.2) is 42.9 Å². The Balaban J connectivity index is 1.47. The van der Waals surface area contributed by atoms with Crippen molar-refractivity contribution in [3.63, 3.8) is 0 Å². The maximum atomic E-state index is 11.3. The van der Waals surface area contributed by atoms with Crippen LogP contribution in [-0.4, -0.2) is 40.1 Å². The highest BCUT2D eigenvalue weighted by Gasteiger charge is 2.23. The van der Waals surface area contributed by atoms with E-state index in [-0.39, 0.29) is 11.8 Å². The van der Waals surface area contributed by atoms with Gasteiger partial charge in [0.25, 0.3) is 5.91 Å². The molecule has 1 saturated heterocycles. The molecule has 0 radical (unpaired) electrons. The summed E-state index contributed by atoms with van der Waals surface area (Å²) in [4.78, 5) is 26.4. The van der Waals surface area contributed by atoms with Gasteiger partial charge in [0, 0.05) is 43.6 Å². The van der Waals surface area contributed by atoms with E-state index in [0.29, 0.717) is 5.75 Å². The van der Waals surface area contributed by atoms with Gasteiger partial charge < -0.3 is 15.4 Å². The molecule has 0 saturated carbocycles. The monoisotopic (exact) mass is 363 g/mol. The fourth-order valence-electron chi connectivity index (χ4n) is 3.50. The molecule has 0 spiro atoms. The van der Waals surface area contributed by atoms with Crippen LogP contribution in [0.2, 0.25) is 0 Å². The highest BCUT2D eigenvalue weighted by molar-refractivity contribution is 5.92. The third-order valence-electron chi connectivity index (χ3n) is 4.88. The van der Waals surface area contributed by atoms with Gasteiger partial charge in [-0.1, -0.05) is 12.1 Å². The number of ether oxygens (including phenoxy) is 1. The number of carbonyl (C=O) groups excluding carboxylic acids is 1. The van der Waals surface area contributed by atoms with Gasteiger partial charge in [0.1, 0.15) is 29.7 Å². The first-order valence-electron chi connectivity index (χ1n) is 8.99. The van der Waals surface area contributed by atoms with E-state index in [9.17, 15) is 4.79 Å². The molecule has 1 fully saturated rings. The number of hydrogen-bond donors (Lipinski definition) is 1. The van der Waals surface area contributed by atoms with Crippen molar-refractivity contribution < 1.29 is 9.53 Å². The van der Waals surface area contributed by atoms with E-state index in [1.54, 1.807) is 24.7 Å². The number of rotatable bonds is 4. The van der Waals surface area contributed by atoms with Crippen LogP contribution < -0.4 is 15.4 Å². The number of aryl methyl sites for hydroxylation is 1. The van der Waals surface area contributed by atoms with Crippen molar-refractivity contribution >= 4 is 22.6 Å². The fraction of sp³-hybridized carbons (Fsp3) is 0.300. The van der Waals surface area contributed by atoms with Crippen molar-refractivity contribution in [2.75, 3.05) is 18.0 Å². The van der Waals surface area contributed by atoms with Crippen LogP contribution in [0, 0.1) is 6.92 Å². The van der Waals surface area contributed by atoms with Gasteiger partial charge in [-0.3, -0.25) is 9.78 Å². The van der Waals surface area contributed by atoms with Crippen molar-refractivity contribution in [3.05, 3.63) is 54.1 Å². The summed E-state index contributed by atoms with van der Waals surface area (Å²) in [5.74, 6) is 1.05. The minimum absolute atomic E-state index is 0.0820. The first-order valence-corrected chi connectivity index (χ1v) is 8.99. The molecule has 0 aliphatic carbocycles. The number of pyridine rings is 1. The summed E-state index contributed by atoms with van der Waals surface area (Å²) >= 11 is 0. The van der Waals surface area contributed by atoms with Gasteiger partial charge in [0.05, 0.1) is 5.52 Å². The van der Waals surface area contributed by atoms with Crippen molar-refractivity contribution in [1.82, 2.24) is 15.0 Å². The van der Waals surface area contributed by atoms with E-state index in [1.807, 2.05) is 12.1 Å². The Bertz CT molecular complexity index is 978. The SMILES string of the molecule is Cc1cccc2ncnc(N3CCC(Oc4ccnc(C(N)=O)c4)CC3)c12. The lowest BCUT2D eigenvalue weighted by Crippen LogP contribution is -2.39. The number of fused-ring (bicyclic) bond motifs is 1. The molecule has 1 aliphatic heterocycles. The predicted molar refractivity (Wildman–Crippen MR) is 103 cm³/mol. The first kappa shape index (κ1) is 17.2. The fourth-order valence-corrected chi connectivity index (χ4v) is 3.50. The van der Waals surface area contributed by atoms with Gasteiger partial charge in [0.15, 0.2) is 0 Å². The highest BCUT2D eigenvalue weighted by atomic mass is 16.5. The maximum Gasteiger partial charge on any atom is 0.267 e. The minimum Gasteiger partial charge on any atom is -0.490 e. The summed E-state index contributed by atoms with van der Waals surface area (Å²) in [5, 5.41) is 1.11. The van der Waals surface area contributed by atoms with E-state index in [0.717, 1.165) is 42.7 Å². The smallest absolute Gasteiger partial charge is 0.267 e. The van der Waals surface area contributed by atoms with Crippen molar-refractivity contribution in [2.24, 2.45) is 5.73 Å². The number of amides is 1. The Hall–Kier alpha value is -3.22. The lowest BCUT2D eigenvalue weighted by molar-refractivity contribution is 0.0994. The van der Waals surface area contributed by atoms with Gasteiger partial charge in [0.2, 0.25) is 0 Å². The molecular weight excluding hydrogens is 342 g/mol. The van der Waals surface area contributed by atoms with Crippen LogP contribution in [0.4, 0.5) is 5.82 Å². The Kier molecular flexibility index (Phi) is 4.58. The van der Waals surface area contributed by atoms with Gasteiger partial charge in [-0.05, 0) is 24.6 Å². The van der Waals surface area contributed by atoms with E-state index >= 15 is 0 Å². The average Bonchev–Trinajstić information content (AvgIpc) is 2.69. The summed E-state index contributed by atoms with van der Waals surface area (Å²) < 4.78 is 6.03. The zero-order valence-electron chi connectivity index (χ0n) is 15.1. The second kappa shape index (κ2) is 7.19. The molecule has 27 heavy (non-hydrogen) atoms. The third kappa shape index (κ3) is 3.53. The average molecular weight is 363 g/mol. The number of carbonyl (C=O) groups is 1. The molecule has 2 N–H and O–H groups in total. The number of nitrogens with two attached hydrogens (primary N) is 1. The summed E-state index contributed by atoms with van der Waals surface area (Å²) in [6.45, 7) is 3.78. The van der Waals surface area contributed by atoms with Crippen LogP contribution in [0.1, 0.15) is 28.9 Å². The molecule has 0 bridgehead atoms. The molecule has 4 rings (SSSR count). The number of primary amides is 1. The first-order chi connectivity index (χ1) is 13.1. The van der Waals surface area contributed by atoms with E-state index in [1.165, 1.54) is 5.56 Å². The van der Waals surface area contributed by atoms with E-state index in [4.69, 9.17) is 10.5 Å². The summed E-state index contributed by atoms with van der Waals surface area (Å²) in [6.07, 6.45) is 4.98. The lowest BCUT2D eigenvalue weighted by Gasteiger charge is -2.33. The molecule has 1 amide bonds. The second-order valence-electron chi connectivity index (χ2n) is 6.71. The second-order valence-corrected chi connectivity index (χ2v) is 6.71. The number of piperidine rings is 1. The Morgan fingerprint density at radius 1 is 1.19 bits per heavy atom. The largest absolute Gasteiger partial charge is 0.490 e. The molecule has 1 aromatic carbocycles. The Morgan fingerprint density at radius 3 is 2.78 bits per heavy atom. The molecule has 3 aromatic rings. The number of benzene rings is 1. The quantitative estimate of drug-likeness (QED) is 0.765. The third-order valence-corrected chi connectivity index (χ3v) is 4.88. The Labute approximate surface area is 157 Å². The predicted octanol–water partition coefficient (Wildman–Crippen LogP) is 2.48. The van der Waals surface area contributed by atoms with Gasteiger partial charge >= 0.3 is 0 Å². The summed E-state index contributed by atoms with van der Waals surface area (Å²) in [7, 11) is 0. The van der Waals surface area contributed by atoms with Crippen LogP contribution >= 0.6 is 0 Å². The summed E-state index contributed by atoms with van der Waals surface area (Å²) in [6, 6.07) is 9.47. The minimum atomic E-state index is -0.554. The van der Waals surface area contributed by atoms with Crippen LogP contribution in [0.25, 0.3) is 10.9 Å². The summed E-state index contributed by atoms with van der Waals surface area (Å²) in [5.41, 5.74) is 7.64.